The van der Waals surface area contributed by atoms with E-state index in [1.807, 2.05) is 102 Å². The van der Waals surface area contributed by atoms with E-state index in [1.165, 1.54) is 5.19 Å². The van der Waals surface area contributed by atoms with E-state index in [0.29, 0.717) is 30.0 Å². The van der Waals surface area contributed by atoms with Crippen molar-refractivity contribution < 1.29 is 24.2 Å². The van der Waals surface area contributed by atoms with Crippen LogP contribution >= 0.6 is 0 Å². The monoisotopic (exact) mass is 701 g/mol. The van der Waals surface area contributed by atoms with E-state index in [2.05, 4.69) is 47.8 Å². The highest BCUT2D eigenvalue weighted by Crippen LogP contribution is 2.59. The average Bonchev–Trinajstić information content (AvgIpc) is 3.83. The van der Waals surface area contributed by atoms with Gasteiger partial charge in [0.15, 0.2) is 5.60 Å². The van der Waals surface area contributed by atoms with Crippen molar-refractivity contribution in [2.45, 2.75) is 56.1 Å². The first-order valence-corrected chi connectivity index (χ1v) is 20.4. The number of nitrogens with zero attached hydrogens (tertiary/aromatic N) is 4. The van der Waals surface area contributed by atoms with Crippen LogP contribution in [0.25, 0.3) is 0 Å². The largest absolute Gasteiger partial charge is 0.497 e. The molecule has 11 heteroatoms. The standard InChI is InChI=1S/C40H43N5O5Si/c1-27-38(51(3,4)32-18-16-31(49-2)17-19-32)37(21-22-44-24-36(42-43-44)33(25-46)28-11-7-5-8-12-28)50-40(27)34-23-30(15-20-35(34)41-39(40)48)45(26-47)29-13-9-6-10-14-29/h5-20,23-24,26-27,33,37-38,46H,21-22,25H2,1-4H3,(H,41,48)/t27-,33?,37+,38-,40+/m0/s1. The molecule has 10 nitrogen and oxygen atoms in total. The van der Waals surface area contributed by atoms with Gasteiger partial charge in [0, 0.05) is 41.3 Å². The second-order valence-electron chi connectivity index (χ2n) is 14.0. The number of para-hydroxylation sites is 1. The summed E-state index contributed by atoms with van der Waals surface area (Å²) in [5, 5.41) is 23.5. The van der Waals surface area contributed by atoms with Crippen LogP contribution in [0.2, 0.25) is 18.6 Å². The lowest BCUT2D eigenvalue weighted by atomic mass is 9.82. The number of aliphatic hydroxyl groups excluding tert-OH is 1. The minimum Gasteiger partial charge on any atom is -0.497 e. The molecule has 4 aromatic carbocycles. The van der Waals surface area contributed by atoms with Gasteiger partial charge in [0.25, 0.3) is 5.91 Å². The third kappa shape index (κ3) is 6.05. The molecular formula is C40H43N5O5Si. The molecule has 2 N–H and O–H groups in total. The first kappa shape index (κ1) is 34.4. The maximum absolute atomic E-state index is 14.3. The molecule has 1 saturated heterocycles. The van der Waals surface area contributed by atoms with Gasteiger partial charge in [-0.05, 0) is 60.0 Å². The first-order chi connectivity index (χ1) is 24.7. The van der Waals surface area contributed by atoms with E-state index in [-0.39, 0.29) is 36.0 Å². The summed E-state index contributed by atoms with van der Waals surface area (Å²) >= 11 is 0. The lowest BCUT2D eigenvalue weighted by molar-refractivity contribution is -0.143. The molecule has 2 aliphatic heterocycles. The molecule has 0 saturated carbocycles. The molecule has 0 aliphatic carbocycles. The van der Waals surface area contributed by atoms with Crippen LogP contribution in [0, 0.1) is 5.92 Å². The summed E-state index contributed by atoms with van der Waals surface area (Å²) < 4.78 is 14.4. The fraction of sp³-hybridized carbons (Fsp3) is 0.300. The third-order valence-electron chi connectivity index (χ3n) is 10.9. The molecular weight excluding hydrogens is 659 g/mol. The summed E-state index contributed by atoms with van der Waals surface area (Å²) in [4.78, 5) is 28.3. The van der Waals surface area contributed by atoms with Crippen LogP contribution in [0.3, 0.4) is 0 Å². The number of carbonyl (C=O) groups excluding carboxylic acids is 2. The smallest absolute Gasteiger partial charge is 0.261 e. The summed E-state index contributed by atoms with van der Waals surface area (Å²) in [5.74, 6) is 0.117. The van der Waals surface area contributed by atoms with E-state index in [9.17, 15) is 14.7 Å². The molecule has 3 heterocycles. The second-order valence-corrected chi connectivity index (χ2v) is 18.7. The highest BCUT2D eigenvalue weighted by Gasteiger charge is 2.64. The molecule has 1 fully saturated rings. The van der Waals surface area contributed by atoms with Gasteiger partial charge < -0.3 is 19.9 Å². The number of aryl methyl sites for hydroxylation is 1. The maximum Gasteiger partial charge on any atom is 0.261 e. The summed E-state index contributed by atoms with van der Waals surface area (Å²) in [5.41, 5.74) is 3.25. The number of fused-ring (bicyclic) bond motifs is 2. The zero-order valence-corrected chi connectivity index (χ0v) is 30.3. The van der Waals surface area contributed by atoms with Crippen LogP contribution in [-0.4, -0.2) is 60.3 Å². The highest BCUT2D eigenvalue weighted by atomic mass is 28.3. The number of carbonyl (C=O) groups is 2. The average molecular weight is 702 g/mol. The summed E-state index contributed by atoms with van der Waals surface area (Å²) in [6.07, 6.45) is 2.98. The zero-order chi connectivity index (χ0) is 35.8. The Bertz CT molecular complexity index is 2010. The Labute approximate surface area is 299 Å². The van der Waals surface area contributed by atoms with Crippen LogP contribution in [-0.2, 0) is 26.5 Å². The van der Waals surface area contributed by atoms with Crippen molar-refractivity contribution in [2.24, 2.45) is 5.92 Å². The molecule has 1 unspecified atom stereocenters. The van der Waals surface area contributed by atoms with Crippen molar-refractivity contribution in [3.63, 3.8) is 0 Å². The molecule has 7 rings (SSSR count). The molecule has 0 bridgehead atoms. The topological polar surface area (TPSA) is 119 Å². The van der Waals surface area contributed by atoms with Gasteiger partial charge in [-0.15, -0.1) is 5.10 Å². The predicted octanol–water partition coefficient (Wildman–Crippen LogP) is 5.96. The number of nitrogens with one attached hydrogen (secondary N) is 1. The summed E-state index contributed by atoms with van der Waals surface area (Å²) in [7, 11) is -0.691. The number of aromatic nitrogens is 3. The quantitative estimate of drug-likeness (QED) is 0.122. The fourth-order valence-corrected chi connectivity index (χ4v) is 12.4. The van der Waals surface area contributed by atoms with Gasteiger partial charge in [-0.1, -0.05) is 91.1 Å². The van der Waals surface area contributed by atoms with Crippen molar-refractivity contribution in [1.82, 2.24) is 15.0 Å². The lowest BCUT2D eigenvalue weighted by Crippen LogP contribution is -2.51. The Morgan fingerprint density at radius 3 is 2.39 bits per heavy atom. The van der Waals surface area contributed by atoms with Crippen LogP contribution in [0.15, 0.2) is 109 Å². The molecule has 51 heavy (non-hydrogen) atoms. The number of aliphatic hydroxyl groups is 1. The Hall–Kier alpha value is -5.10. The van der Waals surface area contributed by atoms with Gasteiger partial charge >= 0.3 is 0 Å². The SMILES string of the molecule is COc1ccc([Si](C)(C)[C@@H]2[C@@H](CCn3cc(C(CO)c4ccccc4)nn3)O[C@]3(C(=O)Nc4ccc(N(C=O)c5ccccc5)cc43)[C@H]2C)cc1. The molecule has 0 radical (unpaired) electrons. The maximum atomic E-state index is 14.3. The molecule has 5 atom stereocenters. The Morgan fingerprint density at radius 1 is 1.02 bits per heavy atom. The number of hydrogen-bond donors (Lipinski definition) is 2. The van der Waals surface area contributed by atoms with Gasteiger partial charge in [-0.2, -0.15) is 0 Å². The minimum atomic E-state index is -2.35. The van der Waals surface area contributed by atoms with Gasteiger partial charge in [-0.3, -0.25) is 19.2 Å². The molecule has 2 aliphatic rings. The van der Waals surface area contributed by atoms with Crippen LogP contribution < -0.4 is 20.1 Å². The van der Waals surface area contributed by atoms with E-state index in [1.54, 1.807) is 12.0 Å². The molecule has 1 spiro atoms. The number of amides is 2. The third-order valence-corrected chi connectivity index (χ3v) is 15.3. The Morgan fingerprint density at radius 2 is 1.73 bits per heavy atom. The van der Waals surface area contributed by atoms with E-state index >= 15 is 0 Å². The minimum absolute atomic E-state index is 0.0278. The number of ether oxygens (including phenoxy) is 2. The van der Waals surface area contributed by atoms with E-state index < -0.39 is 13.7 Å². The van der Waals surface area contributed by atoms with Gasteiger partial charge in [0.1, 0.15) is 5.75 Å². The van der Waals surface area contributed by atoms with Crippen LogP contribution in [0.5, 0.6) is 5.75 Å². The molecule has 262 valence electrons. The first-order valence-electron chi connectivity index (χ1n) is 17.3. The summed E-state index contributed by atoms with van der Waals surface area (Å²) in [6, 6.07) is 33.2. The van der Waals surface area contributed by atoms with Crippen molar-refractivity contribution in [1.29, 1.82) is 0 Å². The van der Waals surface area contributed by atoms with E-state index in [0.717, 1.165) is 29.0 Å². The van der Waals surface area contributed by atoms with Gasteiger partial charge in [0.2, 0.25) is 6.41 Å². The number of rotatable bonds is 12. The molecule has 5 aromatic rings. The van der Waals surface area contributed by atoms with Crippen molar-refractivity contribution in [2.75, 3.05) is 23.9 Å². The predicted molar refractivity (Wildman–Crippen MR) is 199 cm³/mol. The fourth-order valence-electron chi connectivity index (χ4n) is 8.30. The molecule has 1 aromatic heterocycles. The Balaban J connectivity index is 1.25. The second kappa shape index (κ2) is 13.9. The lowest BCUT2D eigenvalue weighted by Gasteiger charge is -2.37. The van der Waals surface area contributed by atoms with E-state index in [4.69, 9.17) is 9.47 Å². The highest BCUT2D eigenvalue weighted by molar-refractivity contribution is 6.91. The molecule has 2 amide bonds. The van der Waals surface area contributed by atoms with Crippen molar-refractivity contribution in [3.05, 3.63) is 126 Å². The number of anilines is 3. The number of methoxy groups -OCH3 is 1. The number of hydrogen-bond acceptors (Lipinski definition) is 7. The van der Waals surface area contributed by atoms with Crippen LogP contribution in [0.1, 0.15) is 36.1 Å². The van der Waals surface area contributed by atoms with Crippen LogP contribution in [0.4, 0.5) is 17.1 Å². The summed E-state index contributed by atoms with van der Waals surface area (Å²) in [6.45, 7) is 7.26. The van der Waals surface area contributed by atoms with Gasteiger partial charge in [0.05, 0.1) is 39.5 Å². The number of benzene rings is 4. The van der Waals surface area contributed by atoms with Gasteiger partial charge in [-0.25, -0.2) is 0 Å². The van der Waals surface area contributed by atoms with Crippen molar-refractivity contribution >= 4 is 42.6 Å². The Kier molecular flexibility index (Phi) is 9.36. The normalized spacial score (nSPS) is 21.7. The van der Waals surface area contributed by atoms with Crippen molar-refractivity contribution in [3.8, 4) is 5.75 Å². The zero-order valence-electron chi connectivity index (χ0n) is 29.3.